The molecule has 0 bridgehead atoms. The van der Waals surface area contributed by atoms with Gasteiger partial charge in [-0.2, -0.15) is 23.3 Å². The Kier molecular flexibility index (Phi) is 7.54. The number of nitrogens with zero attached hydrogens (tertiary/aromatic N) is 6. The van der Waals surface area contributed by atoms with Crippen LogP contribution in [0.5, 0.6) is 5.75 Å². The van der Waals surface area contributed by atoms with Crippen molar-refractivity contribution in [1.82, 2.24) is 24.6 Å². The molecule has 1 saturated heterocycles. The van der Waals surface area contributed by atoms with Gasteiger partial charge in [0.1, 0.15) is 5.69 Å². The standard InChI is InChI=1S/C28H27F5N6O2/c1-3-7-21(40)38-10-11-39(17(15-38)12-16-8-5-4-6-9-16)27-34-14-19-24(36-37(2)26(19)35-27)18-13-20(28(31,32)33)23(30)25(41)22(18)29/h4-6,8-9,13-14,17,41H,3,7,10-12,15H2,1-2H3/t17-/m1/s1. The first kappa shape index (κ1) is 28.2. The highest BCUT2D eigenvalue weighted by molar-refractivity contribution is 5.91. The number of halogens is 5. The van der Waals surface area contributed by atoms with Gasteiger partial charge in [-0.1, -0.05) is 37.3 Å². The number of phenols is 1. The lowest BCUT2D eigenvalue weighted by Gasteiger charge is -2.41. The Balaban J connectivity index is 1.54. The van der Waals surface area contributed by atoms with Gasteiger partial charge in [0, 0.05) is 44.9 Å². The number of hydrogen-bond acceptors (Lipinski definition) is 6. The molecule has 2 aromatic heterocycles. The summed E-state index contributed by atoms with van der Waals surface area (Å²) >= 11 is 0. The molecule has 5 rings (SSSR count). The molecule has 41 heavy (non-hydrogen) atoms. The van der Waals surface area contributed by atoms with Gasteiger partial charge in [-0.25, -0.2) is 18.4 Å². The van der Waals surface area contributed by atoms with Crippen LogP contribution >= 0.6 is 0 Å². The minimum atomic E-state index is -5.17. The number of aromatic hydroxyl groups is 1. The summed E-state index contributed by atoms with van der Waals surface area (Å²) in [4.78, 5) is 25.5. The molecule has 1 aliphatic heterocycles. The number of aryl methyl sites for hydroxylation is 1. The average molecular weight is 575 g/mol. The molecule has 8 nitrogen and oxygen atoms in total. The van der Waals surface area contributed by atoms with Crippen LogP contribution in [-0.2, 0) is 24.4 Å². The van der Waals surface area contributed by atoms with Crippen LogP contribution in [0.3, 0.4) is 0 Å². The summed E-state index contributed by atoms with van der Waals surface area (Å²) in [5.74, 6) is -5.03. The summed E-state index contributed by atoms with van der Waals surface area (Å²) in [5, 5.41) is 14.0. The summed E-state index contributed by atoms with van der Waals surface area (Å²) < 4.78 is 70.3. The summed E-state index contributed by atoms with van der Waals surface area (Å²) in [6, 6.07) is 9.87. The fourth-order valence-electron chi connectivity index (χ4n) is 5.15. The molecule has 3 heterocycles. The Hall–Kier alpha value is -4.29. The fraction of sp³-hybridized carbons (Fsp3) is 0.357. The van der Waals surface area contributed by atoms with Crippen LogP contribution in [0, 0.1) is 11.6 Å². The van der Waals surface area contributed by atoms with E-state index in [-0.39, 0.29) is 34.7 Å². The zero-order valence-corrected chi connectivity index (χ0v) is 22.3. The second-order valence-electron chi connectivity index (χ2n) is 9.95. The Morgan fingerprint density at radius 1 is 1.12 bits per heavy atom. The third-order valence-corrected chi connectivity index (χ3v) is 7.18. The molecule has 0 saturated carbocycles. The molecule has 1 aliphatic rings. The summed E-state index contributed by atoms with van der Waals surface area (Å²) in [7, 11) is 1.48. The lowest BCUT2D eigenvalue weighted by molar-refractivity contribution is -0.140. The van der Waals surface area contributed by atoms with Crippen LogP contribution in [0.2, 0.25) is 0 Å². The molecule has 0 spiro atoms. The van der Waals surface area contributed by atoms with Crippen LogP contribution in [0.1, 0.15) is 30.9 Å². The Morgan fingerprint density at radius 3 is 2.54 bits per heavy atom. The molecule has 13 heteroatoms. The number of carbonyl (C=O) groups is 1. The number of fused-ring (bicyclic) bond motifs is 1. The minimum absolute atomic E-state index is 0.0701. The molecule has 1 fully saturated rings. The highest BCUT2D eigenvalue weighted by Crippen LogP contribution is 2.41. The van der Waals surface area contributed by atoms with Crippen molar-refractivity contribution in [1.29, 1.82) is 0 Å². The first-order valence-corrected chi connectivity index (χ1v) is 13.1. The number of alkyl halides is 3. The van der Waals surface area contributed by atoms with E-state index in [0.717, 1.165) is 12.0 Å². The van der Waals surface area contributed by atoms with E-state index in [1.807, 2.05) is 47.1 Å². The molecule has 0 radical (unpaired) electrons. The molecule has 1 N–H and O–H groups in total. The summed E-state index contributed by atoms with van der Waals surface area (Å²) in [5.41, 5.74) is -1.57. The fourth-order valence-corrected chi connectivity index (χ4v) is 5.15. The maximum Gasteiger partial charge on any atom is 0.419 e. The molecule has 216 valence electrons. The van der Waals surface area contributed by atoms with E-state index in [4.69, 9.17) is 0 Å². The van der Waals surface area contributed by atoms with Crippen LogP contribution in [-0.4, -0.2) is 61.3 Å². The quantitative estimate of drug-likeness (QED) is 0.323. The van der Waals surface area contributed by atoms with Crippen molar-refractivity contribution in [2.45, 2.75) is 38.4 Å². The number of phenolic OH excluding ortho intramolecular Hbond substituents is 1. The predicted molar refractivity (Wildman–Crippen MR) is 141 cm³/mol. The Bertz CT molecular complexity index is 1590. The lowest BCUT2D eigenvalue weighted by Crippen LogP contribution is -2.56. The molecule has 1 amide bonds. The van der Waals surface area contributed by atoms with Gasteiger partial charge in [0.05, 0.1) is 17.0 Å². The number of carbonyl (C=O) groups excluding carboxylic acids is 1. The SMILES string of the molecule is CCCC(=O)N1CCN(c2ncc3c(-c4cc(C(F)(F)F)c(F)c(O)c4F)nn(C)c3n2)[C@H](Cc2ccccc2)C1. The molecule has 0 unspecified atom stereocenters. The number of amides is 1. The van der Waals surface area contributed by atoms with Gasteiger partial charge in [-0.3, -0.25) is 4.79 Å². The van der Waals surface area contributed by atoms with E-state index >= 15 is 0 Å². The third kappa shape index (κ3) is 5.40. The topological polar surface area (TPSA) is 87.4 Å². The van der Waals surface area contributed by atoms with E-state index in [9.17, 15) is 31.9 Å². The highest BCUT2D eigenvalue weighted by atomic mass is 19.4. The monoisotopic (exact) mass is 574 g/mol. The van der Waals surface area contributed by atoms with Gasteiger partial charge >= 0.3 is 6.18 Å². The molecule has 2 aromatic carbocycles. The van der Waals surface area contributed by atoms with Crippen LogP contribution in [0.4, 0.5) is 27.9 Å². The number of aromatic nitrogens is 4. The van der Waals surface area contributed by atoms with Crippen molar-refractivity contribution >= 4 is 22.9 Å². The van der Waals surface area contributed by atoms with Gasteiger partial charge < -0.3 is 14.9 Å². The molecular formula is C28H27F5N6O2. The summed E-state index contributed by atoms with van der Waals surface area (Å²) in [6.45, 7) is 3.30. The Labute approximate surface area is 232 Å². The van der Waals surface area contributed by atoms with Gasteiger partial charge in [0.15, 0.2) is 23.0 Å². The first-order valence-electron chi connectivity index (χ1n) is 13.1. The van der Waals surface area contributed by atoms with E-state index < -0.39 is 34.7 Å². The lowest BCUT2D eigenvalue weighted by atomic mass is 10.0. The molecule has 0 aliphatic carbocycles. The van der Waals surface area contributed by atoms with Crippen molar-refractivity contribution in [2.75, 3.05) is 24.5 Å². The van der Waals surface area contributed by atoms with Crippen molar-refractivity contribution in [3.63, 3.8) is 0 Å². The zero-order valence-electron chi connectivity index (χ0n) is 22.3. The third-order valence-electron chi connectivity index (χ3n) is 7.18. The highest BCUT2D eigenvalue weighted by Gasteiger charge is 2.38. The smallest absolute Gasteiger partial charge is 0.419 e. The zero-order chi connectivity index (χ0) is 29.5. The molecule has 4 aromatic rings. The maximum absolute atomic E-state index is 14.9. The molecule has 1 atom stereocenters. The number of anilines is 1. The van der Waals surface area contributed by atoms with Crippen molar-refractivity contribution < 1.29 is 31.9 Å². The predicted octanol–water partition coefficient (Wildman–Crippen LogP) is 5.09. The average Bonchev–Trinajstić information content (AvgIpc) is 3.27. The second kappa shape index (κ2) is 10.9. The largest absolute Gasteiger partial charge is 0.503 e. The van der Waals surface area contributed by atoms with Gasteiger partial charge in [0.25, 0.3) is 0 Å². The van der Waals surface area contributed by atoms with Crippen molar-refractivity contribution in [3.05, 3.63) is 65.4 Å². The van der Waals surface area contributed by atoms with Gasteiger partial charge in [0.2, 0.25) is 11.9 Å². The van der Waals surface area contributed by atoms with E-state index in [1.165, 1.54) is 17.9 Å². The van der Waals surface area contributed by atoms with Crippen LogP contribution in [0.25, 0.3) is 22.3 Å². The van der Waals surface area contributed by atoms with Crippen LogP contribution in [0.15, 0.2) is 42.6 Å². The molecular weight excluding hydrogens is 547 g/mol. The maximum atomic E-state index is 14.9. The Morgan fingerprint density at radius 2 is 1.85 bits per heavy atom. The van der Waals surface area contributed by atoms with E-state index in [2.05, 4.69) is 15.1 Å². The van der Waals surface area contributed by atoms with E-state index in [1.54, 1.807) is 0 Å². The number of rotatable bonds is 6. The van der Waals surface area contributed by atoms with Crippen LogP contribution < -0.4 is 4.90 Å². The van der Waals surface area contributed by atoms with E-state index in [0.29, 0.717) is 38.4 Å². The van der Waals surface area contributed by atoms with Gasteiger partial charge in [-0.05, 0) is 24.5 Å². The number of hydrogen-bond donors (Lipinski definition) is 1. The minimum Gasteiger partial charge on any atom is -0.503 e. The van der Waals surface area contributed by atoms with Gasteiger partial charge in [-0.15, -0.1) is 0 Å². The second-order valence-corrected chi connectivity index (χ2v) is 9.95. The summed E-state index contributed by atoms with van der Waals surface area (Å²) in [6.07, 6.45) is -2.06. The van der Waals surface area contributed by atoms with Crippen molar-refractivity contribution in [2.24, 2.45) is 7.05 Å². The normalized spacial score (nSPS) is 16.0. The first-order chi connectivity index (χ1) is 19.5. The number of benzene rings is 2. The van der Waals surface area contributed by atoms with Crippen molar-refractivity contribution in [3.8, 4) is 17.0 Å². The number of piperazine rings is 1.